The van der Waals surface area contributed by atoms with Crippen LogP contribution in [0.25, 0.3) is 0 Å². The van der Waals surface area contributed by atoms with Gasteiger partial charge in [0.2, 0.25) is 0 Å². The summed E-state index contributed by atoms with van der Waals surface area (Å²) >= 11 is 0. The lowest BCUT2D eigenvalue weighted by atomic mass is 10.1. The summed E-state index contributed by atoms with van der Waals surface area (Å²) in [6, 6.07) is 6.26. The molecule has 144 valence electrons. The molecule has 1 fully saturated rings. The number of phenolic OH excluding ortho intramolecular Hbond substituents is 1. The van der Waals surface area contributed by atoms with Crippen LogP contribution >= 0.6 is 0 Å². The zero-order chi connectivity index (χ0) is 19.1. The SMILES string of the molecule is CC(C)COC(=O)N1CCC(NC(=O)C(C)Oc2ccc(O)cc2)CC1. The highest BCUT2D eigenvalue weighted by Gasteiger charge is 2.26. The molecule has 1 aromatic carbocycles. The largest absolute Gasteiger partial charge is 0.508 e. The number of rotatable bonds is 6. The van der Waals surface area contributed by atoms with Gasteiger partial charge in [-0.1, -0.05) is 13.8 Å². The highest BCUT2D eigenvalue weighted by atomic mass is 16.6. The molecule has 2 N–H and O–H groups in total. The van der Waals surface area contributed by atoms with Crippen molar-refractivity contribution in [2.24, 2.45) is 5.92 Å². The third-order valence-electron chi connectivity index (χ3n) is 4.16. The van der Waals surface area contributed by atoms with E-state index in [1.54, 1.807) is 24.0 Å². The van der Waals surface area contributed by atoms with Gasteiger partial charge in [0.1, 0.15) is 11.5 Å². The number of nitrogens with zero attached hydrogens (tertiary/aromatic N) is 1. The van der Waals surface area contributed by atoms with Crippen LogP contribution in [0.3, 0.4) is 0 Å². The van der Waals surface area contributed by atoms with Crippen LogP contribution in [0.15, 0.2) is 24.3 Å². The van der Waals surface area contributed by atoms with Crippen molar-refractivity contribution in [1.82, 2.24) is 10.2 Å². The van der Waals surface area contributed by atoms with E-state index in [0.717, 1.165) is 0 Å². The van der Waals surface area contributed by atoms with E-state index in [0.29, 0.717) is 44.2 Å². The summed E-state index contributed by atoms with van der Waals surface area (Å²) in [4.78, 5) is 25.9. The van der Waals surface area contributed by atoms with Gasteiger partial charge in [-0.05, 0) is 49.9 Å². The van der Waals surface area contributed by atoms with Crippen LogP contribution in [-0.2, 0) is 9.53 Å². The van der Waals surface area contributed by atoms with Gasteiger partial charge in [-0.3, -0.25) is 4.79 Å². The van der Waals surface area contributed by atoms with Gasteiger partial charge in [0.15, 0.2) is 6.10 Å². The molecule has 0 bridgehead atoms. The Bertz CT molecular complexity index is 594. The smallest absolute Gasteiger partial charge is 0.409 e. The fraction of sp³-hybridized carbons (Fsp3) is 0.579. The molecule has 1 aliphatic heterocycles. The number of amides is 2. The molecule has 2 amide bonds. The summed E-state index contributed by atoms with van der Waals surface area (Å²) in [6.07, 6.45) is 0.448. The summed E-state index contributed by atoms with van der Waals surface area (Å²) in [5.74, 6) is 0.783. The number of carbonyl (C=O) groups excluding carboxylic acids is 2. The molecule has 2 rings (SSSR count). The lowest BCUT2D eigenvalue weighted by Crippen LogP contribution is -2.49. The predicted molar refractivity (Wildman–Crippen MR) is 97.1 cm³/mol. The highest BCUT2D eigenvalue weighted by Crippen LogP contribution is 2.18. The molecule has 7 nitrogen and oxygen atoms in total. The molecular weight excluding hydrogens is 336 g/mol. The molecule has 1 unspecified atom stereocenters. The Morgan fingerprint density at radius 2 is 1.81 bits per heavy atom. The summed E-state index contributed by atoms with van der Waals surface area (Å²) in [5.41, 5.74) is 0. The summed E-state index contributed by atoms with van der Waals surface area (Å²) in [5, 5.41) is 12.2. The summed E-state index contributed by atoms with van der Waals surface area (Å²) in [7, 11) is 0. The number of aromatic hydroxyl groups is 1. The molecule has 0 spiro atoms. The molecule has 26 heavy (non-hydrogen) atoms. The van der Waals surface area contributed by atoms with Crippen LogP contribution in [0.1, 0.15) is 33.6 Å². The highest BCUT2D eigenvalue weighted by molar-refractivity contribution is 5.81. The number of phenols is 1. The van der Waals surface area contributed by atoms with E-state index in [9.17, 15) is 14.7 Å². The number of likely N-dealkylation sites (tertiary alicyclic amines) is 1. The van der Waals surface area contributed by atoms with Crippen molar-refractivity contribution in [2.45, 2.75) is 45.8 Å². The summed E-state index contributed by atoms with van der Waals surface area (Å²) in [6.45, 7) is 7.22. The van der Waals surface area contributed by atoms with Gasteiger partial charge >= 0.3 is 6.09 Å². The fourth-order valence-corrected chi connectivity index (χ4v) is 2.64. The zero-order valence-corrected chi connectivity index (χ0v) is 15.6. The minimum atomic E-state index is -0.645. The molecule has 1 aromatic rings. The van der Waals surface area contributed by atoms with Gasteiger partial charge in [-0.15, -0.1) is 0 Å². The first-order chi connectivity index (χ1) is 12.3. The van der Waals surface area contributed by atoms with Crippen molar-refractivity contribution in [3.8, 4) is 11.5 Å². The number of nitrogens with one attached hydrogen (secondary N) is 1. The minimum Gasteiger partial charge on any atom is -0.508 e. The number of benzene rings is 1. The van der Waals surface area contributed by atoms with Gasteiger partial charge in [-0.25, -0.2) is 4.79 Å². The summed E-state index contributed by atoms with van der Waals surface area (Å²) < 4.78 is 10.8. The third-order valence-corrected chi connectivity index (χ3v) is 4.16. The standard InChI is InChI=1S/C19H28N2O5/c1-13(2)12-25-19(24)21-10-8-15(9-11-21)20-18(23)14(3)26-17-6-4-16(22)5-7-17/h4-7,13-15,22H,8-12H2,1-3H3,(H,20,23). The van der Waals surface area contributed by atoms with E-state index < -0.39 is 6.10 Å². The molecule has 1 saturated heterocycles. The predicted octanol–water partition coefficient (Wildman–Crippen LogP) is 2.53. The zero-order valence-electron chi connectivity index (χ0n) is 15.6. The minimum absolute atomic E-state index is 0.0162. The first kappa shape index (κ1) is 19.9. The molecule has 0 saturated carbocycles. The van der Waals surface area contributed by atoms with Crippen LogP contribution < -0.4 is 10.1 Å². The average Bonchev–Trinajstić information content (AvgIpc) is 2.62. The molecule has 0 radical (unpaired) electrons. The second kappa shape index (κ2) is 9.31. The first-order valence-corrected chi connectivity index (χ1v) is 9.03. The van der Waals surface area contributed by atoms with Gasteiger partial charge in [0.25, 0.3) is 5.91 Å². The van der Waals surface area contributed by atoms with Crippen molar-refractivity contribution < 1.29 is 24.2 Å². The first-order valence-electron chi connectivity index (χ1n) is 9.03. The van der Waals surface area contributed by atoms with Crippen LogP contribution in [-0.4, -0.2) is 53.8 Å². The van der Waals surface area contributed by atoms with Crippen LogP contribution in [0.5, 0.6) is 11.5 Å². The molecule has 1 heterocycles. The van der Waals surface area contributed by atoms with Crippen molar-refractivity contribution in [2.75, 3.05) is 19.7 Å². The third kappa shape index (κ3) is 6.13. The van der Waals surface area contributed by atoms with Crippen molar-refractivity contribution in [1.29, 1.82) is 0 Å². The van der Waals surface area contributed by atoms with Gasteiger partial charge < -0.3 is 24.8 Å². The second-order valence-corrected chi connectivity index (χ2v) is 6.99. The molecule has 0 aliphatic carbocycles. The number of hydrogen-bond donors (Lipinski definition) is 2. The Morgan fingerprint density at radius 1 is 1.19 bits per heavy atom. The lowest BCUT2D eigenvalue weighted by molar-refractivity contribution is -0.128. The molecule has 0 aromatic heterocycles. The number of carbonyl (C=O) groups is 2. The van der Waals surface area contributed by atoms with Crippen LogP contribution in [0.4, 0.5) is 4.79 Å². The Hall–Kier alpha value is -2.44. The van der Waals surface area contributed by atoms with E-state index in [2.05, 4.69) is 5.32 Å². The number of ether oxygens (including phenoxy) is 2. The average molecular weight is 364 g/mol. The van der Waals surface area contributed by atoms with E-state index in [-0.39, 0.29) is 23.8 Å². The molecule has 1 atom stereocenters. The molecular formula is C19H28N2O5. The fourth-order valence-electron chi connectivity index (χ4n) is 2.64. The van der Waals surface area contributed by atoms with E-state index in [1.807, 2.05) is 13.8 Å². The Labute approximate surface area is 154 Å². The maximum absolute atomic E-state index is 12.3. The quantitative estimate of drug-likeness (QED) is 0.810. The van der Waals surface area contributed by atoms with E-state index in [1.165, 1.54) is 12.1 Å². The Balaban J connectivity index is 1.73. The maximum Gasteiger partial charge on any atom is 0.409 e. The van der Waals surface area contributed by atoms with Crippen LogP contribution in [0.2, 0.25) is 0 Å². The number of piperidine rings is 1. The second-order valence-electron chi connectivity index (χ2n) is 6.99. The van der Waals surface area contributed by atoms with Crippen molar-refractivity contribution in [3.05, 3.63) is 24.3 Å². The van der Waals surface area contributed by atoms with Gasteiger partial charge in [0.05, 0.1) is 6.61 Å². The number of hydrogen-bond acceptors (Lipinski definition) is 5. The van der Waals surface area contributed by atoms with Crippen molar-refractivity contribution in [3.63, 3.8) is 0 Å². The van der Waals surface area contributed by atoms with Crippen molar-refractivity contribution >= 4 is 12.0 Å². The Kier molecular flexibility index (Phi) is 7.12. The topological polar surface area (TPSA) is 88.1 Å². The van der Waals surface area contributed by atoms with Gasteiger partial charge in [-0.2, -0.15) is 0 Å². The Morgan fingerprint density at radius 3 is 2.38 bits per heavy atom. The van der Waals surface area contributed by atoms with E-state index in [4.69, 9.17) is 9.47 Å². The van der Waals surface area contributed by atoms with E-state index >= 15 is 0 Å². The normalized spacial score (nSPS) is 16.2. The molecule has 7 heteroatoms. The monoisotopic (exact) mass is 364 g/mol. The van der Waals surface area contributed by atoms with Gasteiger partial charge in [0, 0.05) is 19.1 Å². The maximum atomic E-state index is 12.3. The lowest BCUT2D eigenvalue weighted by Gasteiger charge is -2.32. The molecule has 1 aliphatic rings. The van der Waals surface area contributed by atoms with Crippen LogP contribution in [0, 0.1) is 5.92 Å².